The number of carbonyl (C=O) groups excluding carboxylic acids is 1. The van der Waals surface area contributed by atoms with E-state index < -0.39 is 0 Å². The molecule has 0 radical (unpaired) electrons. The van der Waals surface area contributed by atoms with Crippen molar-refractivity contribution in [3.05, 3.63) is 70.8 Å². The first-order chi connectivity index (χ1) is 14.6. The second kappa shape index (κ2) is 10.9. The number of carbonyl (C=O) groups is 1. The largest absolute Gasteiger partial charge is 0.339 e. The number of piperazine rings is 1. The third kappa shape index (κ3) is 5.20. The number of rotatable bonds is 7. The van der Waals surface area contributed by atoms with Crippen LogP contribution in [-0.2, 0) is 0 Å². The van der Waals surface area contributed by atoms with Gasteiger partial charge in [0.05, 0.1) is 22.2 Å². The third-order valence-corrected chi connectivity index (χ3v) is 6.76. The average molecular weight is 516 g/mol. The molecule has 30 heavy (non-hydrogen) atoms. The van der Waals surface area contributed by atoms with Crippen molar-refractivity contribution in [2.75, 3.05) is 43.8 Å². The van der Waals surface area contributed by atoms with Crippen LogP contribution in [-0.4, -0.2) is 64.4 Å². The van der Waals surface area contributed by atoms with Crippen molar-refractivity contribution in [2.24, 2.45) is 0 Å². The number of hydrogen-bond acceptors (Lipinski definition) is 4. The van der Waals surface area contributed by atoms with E-state index >= 15 is 0 Å². The Morgan fingerprint density at radius 2 is 1.73 bits per heavy atom. The minimum atomic E-state index is 0.0743. The van der Waals surface area contributed by atoms with E-state index in [2.05, 4.69) is 56.7 Å². The highest BCUT2D eigenvalue weighted by Gasteiger charge is 2.26. The fraction of sp³-hybridized carbons (Fsp3) is 0.417. The van der Waals surface area contributed by atoms with Crippen molar-refractivity contribution in [1.82, 2.24) is 14.7 Å². The molecule has 1 aliphatic heterocycles. The Hall–Kier alpha value is -1.95. The maximum atomic E-state index is 12.7. The van der Waals surface area contributed by atoms with Gasteiger partial charge in [-0.15, -0.1) is 0 Å². The van der Waals surface area contributed by atoms with E-state index in [4.69, 9.17) is 0 Å². The third-order valence-electron chi connectivity index (χ3n) is 5.80. The molecule has 3 rings (SSSR count). The lowest BCUT2D eigenvalue weighted by molar-refractivity contribution is 0.0773. The molecule has 2 aromatic rings. The van der Waals surface area contributed by atoms with Crippen LogP contribution in [0.25, 0.3) is 0 Å². The molecule has 6 heteroatoms. The van der Waals surface area contributed by atoms with E-state index in [1.807, 2.05) is 49.1 Å². The summed E-state index contributed by atoms with van der Waals surface area (Å²) in [6, 6.07) is 18.3. The maximum absolute atomic E-state index is 12.7. The highest BCUT2D eigenvalue weighted by Crippen LogP contribution is 2.30. The van der Waals surface area contributed by atoms with Crippen molar-refractivity contribution >= 4 is 28.5 Å². The van der Waals surface area contributed by atoms with E-state index in [1.165, 1.54) is 0 Å². The molecule has 1 atom stereocenters. The second-order valence-corrected chi connectivity index (χ2v) is 8.20. The molecular weight excluding hydrogens is 487 g/mol. The summed E-state index contributed by atoms with van der Waals surface area (Å²) in [6.07, 6.45) is 0. The van der Waals surface area contributed by atoms with Crippen LogP contribution in [0.2, 0.25) is 0 Å². The molecule has 1 fully saturated rings. The van der Waals surface area contributed by atoms with E-state index in [9.17, 15) is 10.1 Å². The molecule has 0 aromatic heterocycles. The molecule has 2 aromatic carbocycles. The Labute approximate surface area is 193 Å². The minimum absolute atomic E-state index is 0.0743. The molecule has 1 heterocycles. The molecular formula is C24H29IN4O. The monoisotopic (exact) mass is 516 g/mol. The first kappa shape index (κ1) is 22.7. The second-order valence-electron chi connectivity index (χ2n) is 7.51. The van der Waals surface area contributed by atoms with Gasteiger partial charge in [0.2, 0.25) is 0 Å². The number of benzene rings is 2. The van der Waals surface area contributed by atoms with Gasteiger partial charge in [0.1, 0.15) is 0 Å². The van der Waals surface area contributed by atoms with Crippen LogP contribution < -0.4 is 0 Å². The predicted octanol–water partition coefficient (Wildman–Crippen LogP) is 4.14. The summed E-state index contributed by atoms with van der Waals surface area (Å²) in [5.41, 5.74) is 3.68. The Bertz CT molecular complexity index is 881. The number of amides is 1. The van der Waals surface area contributed by atoms with Crippen molar-refractivity contribution in [2.45, 2.75) is 19.9 Å². The smallest absolute Gasteiger partial charge is 0.253 e. The average Bonchev–Trinajstić information content (AvgIpc) is 2.81. The zero-order valence-corrected chi connectivity index (χ0v) is 19.9. The standard InChI is InChI=1S/C24H29IN4O/c1-3-28(4-2)24(30)21-10-8-20(9-11-21)23(22-7-5-6-19(16-22)17-26)29-14-12-27(18-25)13-15-29/h5-11,16,23H,3-4,12-15,18H2,1-2H3. The molecule has 1 amide bonds. The zero-order chi connectivity index (χ0) is 21.5. The molecule has 1 unspecified atom stereocenters. The van der Waals surface area contributed by atoms with Gasteiger partial charge < -0.3 is 4.90 Å². The molecule has 0 aliphatic carbocycles. The Kier molecular flexibility index (Phi) is 8.25. The van der Waals surface area contributed by atoms with Crippen LogP contribution in [0.3, 0.4) is 0 Å². The summed E-state index contributed by atoms with van der Waals surface area (Å²) in [4.78, 5) is 19.5. The van der Waals surface area contributed by atoms with Crippen LogP contribution >= 0.6 is 22.6 Å². The summed E-state index contributed by atoms with van der Waals surface area (Å²) in [5.74, 6) is 0.0743. The van der Waals surface area contributed by atoms with E-state index in [1.54, 1.807) is 0 Å². The maximum Gasteiger partial charge on any atom is 0.253 e. The van der Waals surface area contributed by atoms with Crippen LogP contribution in [0.4, 0.5) is 0 Å². The summed E-state index contributed by atoms with van der Waals surface area (Å²) in [7, 11) is 0. The highest BCUT2D eigenvalue weighted by molar-refractivity contribution is 14.1. The van der Waals surface area contributed by atoms with E-state index in [0.717, 1.165) is 47.4 Å². The summed E-state index contributed by atoms with van der Waals surface area (Å²) < 4.78 is 1.04. The minimum Gasteiger partial charge on any atom is -0.339 e. The molecule has 0 saturated carbocycles. The molecule has 1 aliphatic rings. The van der Waals surface area contributed by atoms with Gasteiger partial charge in [-0.2, -0.15) is 5.26 Å². The molecule has 0 bridgehead atoms. The van der Waals surface area contributed by atoms with Gasteiger partial charge in [0, 0.05) is 44.8 Å². The van der Waals surface area contributed by atoms with E-state index in [-0.39, 0.29) is 11.9 Å². The van der Waals surface area contributed by atoms with Crippen molar-refractivity contribution < 1.29 is 4.79 Å². The SMILES string of the molecule is CCN(CC)C(=O)c1ccc(C(c2cccc(C#N)c2)N2CCN(CI)CC2)cc1. The summed E-state index contributed by atoms with van der Waals surface area (Å²) in [5, 5.41) is 9.37. The van der Waals surface area contributed by atoms with Crippen LogP contribution in [0.1, 0.15) is 46.9 Å². The van der Waals surface area contributed by atoms with Crippen LogP contribution in [0, 0.1) is 11.3 Å². The van der Waals surface area contributed by atoms with Crippen LogP contribution in [0.15, 0.2) is 48.5 Å². The quantitative estimate of drug-likeness (QED) is 0.316. The predicted molar refractivity (Wildman–Crippen MR) is 129 cm³/mol. The topological polar surface area (TPSA) is 50.6 Å². The number of nitriles is 1. The normalized spacial score (nSPS) is 16.1. The van der Waals surface area contributed by atoms with Gasteiger partial charge in [-0.3, -0.25) is 14.6 Å². The molecule has 5 nitrogen and oxygen atoms in total. The van der Waals surface area contributed by atoms with Gasteiger partial charge in [-0.05, 0) is 49.2 Å². The van der Waals surface area contributed by atoms with Crippen molar-refractivity contribution in [3.8, 4) is 6.07 Å². The number of alkyl halides is 1. The van der Waals surface area contributed by atoms with Gasteiger partial charge in [-0.25, -0.2) is 0 Å². The van der Waals surface area contributed by atoms with Gasteiger partial charge in [-0.1, -0.05) is 46.9 Å². The molecule has 0 spiro atoms. The Balaban J connectivity index is 1.92. The fourth-order valence-electron chi connectivity index (χ4n) is 4.03. The number of halogens is 1. The number of nitrogens with zero attached hydrogens (tertiary/aromatic N) is 4. The first-order valence-corrected chi connectivity index (χ1v) is 12.1. The molecule has 1 saturated heterocycles. The number of hydrogen-bond donors (Lipinski definition) is 0. The van der Waals surface area contributed by atoms with E-state index in [0.29, 0.717) is 18.7 Å². The summed E-state index contributed by atoms with van der Waals surface area (Å²) >= 11 is 2.42. The molecule has 0 N–H and O–H groups in total. The van der Waals surface area contributed by atoms with Crippen LogP contribution in [0.5, 0.6) is 0 Å². The lowest BCUT2D eigenvalue weighted by atomic mass is 9.94. The highest BCUT2D eigenvalue weighted by atomic mass is 127. The van der Waals surface area contributed by atoms with Gasteiger partial charge in [0.15, 0.2) is 0 Å². The van der Waals surface area contributed by atoms with Crippen molar-refractivity contribution in [3.63, 3.8) is 0 Å². The van der Waals surface area contributed by atoms with Gasteiger partial charge >= 0.3 is 0 Å². The van der Waals surface area contributed by atoms with Gasteiger partial charge in [0.25, 0.3) is 5.91 Å². The Morgan fingerprint density at radius 1 is 1.07 bits per heavy atom. The lowest BCUT2D eigenvalue weighted by Gasteiger charge is -2.39. The van der Waals surface area contributed by atoms with Crippen molar-refractivity contribution in [1.29, 1.82) is 5.26 Å². The fourth-order valence-corrected chi connectivity index (χ4v) is 4.72. The lowest BCUT2D eigenvalue weighted by Crippen LogP contribution is -2.47. The first-order valence-electron chi connectivity index (χ1n) is 10.5. The molecule has 158 valence electrons. The zero-order valence-electron chi connectivity index (χ0n) is 17.7. The Morgan fingerprint density at radius 3 is 2.30 bits per heavy atom. The summed E-state index contributed by atoms with van der Waals surface area (Å²) in [6.45, 7) is 9.46.